The molecule has 1 aromatic carbocycles. The Balaban J connectivity index is 3.18. The fourth-order valence-electron chi connectivity index (χ4n) is 2.04. The van der Waals surface area contributed by atoms with Crippen molar-refractivity contribution in [2.45, 2.75) is 20.3 Å². The van der Waals surface area contributed by atoms with Gasteiger partial charge in [-0.25, -0.2) is 15.0 Å². The predicted octanol–water partition coefficient (Wildman–Crippen LogP) is 0.761. The Morgan fingerprint density at radius 2 is 1.69 bits per heavy atom. The summed E-state index contributed by atoms with van der Waals surface area (Å²) >= 11 is 0. The average molecular weight is 363 g/mol. The lowest BCUT2D eigenvalue weighted by molar-refractivity contribution is -0.161. The van der Waals surface area contributed by atoms with Crippen LogP contribution in [-0.2, 0) is 23.9 Å². The number of urea groups is 1. The van der Waals surface area contributed by atoms with Gasteiger partial charge in [-0.1, -0.05) is 30.3 Å². The maximum Gasteiger partial charge on any atom is 0.375 e. The van der Waals surface area contributed by atoms with E-state index in [1.165, 1.54) is 6.92 Å². The fraction of sp³-hybridized carbons (Fsp3) is 0.353. The Bertz CT molecular complexity index is 687. The summed E-state index contributed by atoms with van der Waals surface area (Å²) in [4.78, 5) is 47.2. The zero-order valence-corrected chi connectivity index (χ0v) is 14.6. The number of nitrogens with two attached hydrogens (primary N) is 1. The van der Waals surface area contributed by atoms with E-state index in [0.717, 1.165) is 0 Å². The van der Waals surface area contributed by atoms with Crippen LogP contribution in [0, 0.1) is 5.92 Å². The van der Waals surface area contributed by atoms with Crippen molar-refractivity contribution in [3.63, 3.8) is 0 Å². The molecule has 26 heavy (non-hydrogen) atoms. The van der Waals surface area contributed by atoms with Crippen LogP contribution in [0.15, 0.2) is 35.4 Å². The first-order valence-corrected chi connectivity index (χ1v) is 7.95. The zero-order valence-electron chi connectivity index (χ0n) is 14.6. The summed E-state index contributed by atoms with van der Waals surface area (Å²) in [5.41, 5.74) is 7.79. The monoisotopic (exact) mass is 363 g/mol. The molecule has 1 aromatic rings. The smallest absolute Gasteiger partial charge is 0.375 e. The minimum Gasteiger partial charge on any atom is -0.465 e. The molecule has 0 spiro atoms. The molecular weight excluding hydrogens is 342 g/mol. The van der Waals surface area contributed by atoms with Gasteiger partial charge in [0.2, 0.25) is 0 Å². The first-order valence-electron chi connectivity index (χ1n) is 7.95. The van der Waals surface area contributed by atoms with Crippen molar-refractivity contribution in [3.8, 4) is 0 Å². The third-order valence-electron chi connectivity index (χ3n) is 3.17. The van der Waals surface area contributed by atoms with Crippen molar-refractivity contribution in [1.29, 1.82) is 0 Å². The van der Waals surface area contributed by atoms with Crippen molar-refractivity contribution in [1.82, 2.24) is 5.43 Å². The number of primary amides is 1. The fourth-order valence-corrected chi connectivity index (χ4v) is 2.04. The summed E-state index contributed by atoms with van der Waals surface area (Å²) in [5, 5.41) is 3.84. The van der Waals surface area contributed by atoms with E-state index >= 15 is 0 Å². The van der Waals surface area contributed by atoms with Gasteiger partial charge >= 0.3 is 18.0 Å². The van der Waals surface area contributed by atoms with E-state index < -0.39 is 29.7 Å². The Kier molecular flexibility index (Phi) is 8.48. The molecule has 0 saturated heterocycles. The lowest BCUT2D eigenvalue weighted by Gasteiger charge is -2.15. The summed E-state index contributed by atoms with van der Waals surface area (Å²) in [6.45, 7) is 3.13. The number of esters is 2. The highest BCUT2D eigenvalue weighted by Gasteiger charge is 2.35. The second-order valence-corrected chi connectivity index (χ2v) is 4.99. The average Bonchev–Trinajstić information content (AvgIpc) is 2.62. The summed E-state index contributed by atoms with van der Waals surface area (Å²) in [6.07, 6.45) is -0.277. The molecule has 0 aliphatic heterocycles. The standard InChI is InChI=1S/C17H21N3O6/c1-3-25-15(22)12(14(21)16(23)26-4-2)10-13(19-20-17(18)24)11-8-6-5-7-9-11/h5-9,12H,3-4,10H2,1-2H3,(H3,18,20,24)/b19-13-. The molecular formula is C17H21N3O6. The molecule has 140 valence electrons. The van der Waals surface area contributed by atoms with Crippen LogP contribution in [-0.4, -0.2) is 42.7 Å². The van der Waals surface area contributed by atoms with Gasteiger partial charge < -0.3 is 15.2 Å². The lowest BCUT2D eigenvalue weighted by Crippen LogP contribution is -2.35. The van der Waals surface area contributed by atoms with E-state index in [4.69, 9.17) is 10.5 Å². The van der Waals surface area contributed by atoms with Gasteiger partial charge in [-0.3, -0.25) is 9.59 Å². The minimum absolute atomic E-state index is 0.0109. The van der Waals surface area contributed by atoms with Gasteiger partial charge in [0.1, 0.15) is 5.92 Å². The highest BCUT2D eigenvalue weighted by Crippen LogP contribution is 2.15. The molecule has 0 aliphatic rings. The molecule has 0 aromatic heterocycles. The molecule has 3 N–H and O–H groups in total. The number of ether oxygens (including phenoxy) is 2. The number of hydrazone groups is 1. The van der Waals surface area contributed by atoms with Crippen molar-refractivity contribution in [3.05, 3.63) is 35.9 Å². The van der Waals surface area contributed by atoms with Crippen molar-refractivity contribution in [2.75, 3.05) is 13.2 Å². The van der Waals surface area contributed by atoms with Gasteiger partial charge in [-0.15, -0.1) is 0 Å². The van der Waals surface area contributed by atoms with E-state index in [-0.39, 0.29) is 25.3 Å². The lowest BCUT2D eigenvalue weighted by atomic mass is 9.94. The molecule has 0 fully saturated rings. The number of hydrogen-bond acceptors (Lipinski definition) is 7. The Labute approximate surface area is 150 Å². The van der Waals surface area contributed by atoms with E-state index in [9.17, 15) is 19.2 Å². The van der Waals surface area contributed by atoms with Crippen LogP contribution in [0.4, 0.5) is 4.79 Å². The second kappa shape index (κ2) is 10.6. The first kappa shape index (κ1) is 20.8. The van der Waals surface area contributed by atoms with E-state index in [1.54, 1.807) is 37.3 Å². The number of nitrogens with one attached hydrogen (secondary N) is 1. The number of rotatable bonds is 9. The van der Waals surface area contributed by atoms with Gasteiger partial charge in [0, 0.05) is 6.42 Å². The Hall–Kier alpha value is -3.23. The molecule has 0 radical (unpaired) electrons. The number of benzene rings is 1. The molecule has 1 rings (SSSR count). The normalized spacial score (nSPS) is 12.0. The number of Topliss-reactive ketones (excluding diaryl/α,β-unsaturated/α-hetero) is 1. The predicted molar refractivity (Wildman–Crippen MR) is 92.1 cm³/mol. The maximum atomic E-state index is 12.3. The molecule has 0 heterocycles. The van der Waals surface area contributed by atoms with Crippen LogP contribution in [0.25, 0.3) is 0 Å². The van der Waals surface area contributed by atoms with Gasteiger partial charge in [0.25, 0.3) is 5.78 Å². The zero-order chi connectivity index (χ0) is 19.5. The third-order valence-corrected chi connectivity index (χ3v) is 3.17. The van der Waals surface area contributed by atoms with Crippen molar-refractivity contribution in [2.24, 2.45) is 16.8 Å². The van der Waals surface area contributed by atoms with Gasteiger partial charge in [-0.05, 0) is 19.4 Å². The van der Waals surface area contributed by atoms with Gasteiger partial charge in [-0.2, -0.15) is 5.10 Å². The molecule has 1 atom stereocenters. The number of amides is 2. The maximum absolute atomic E-state index is 12.3. The number of hydrogen-bond donors (Lipinski definition) is 2. The molecule has 9 heteroatoms. The first-order chi connectivity index (χ1) is 12.4. The molecule has 0 saturated carbocycles. The minimum atomic E-state index is -1.46. The summed E-state index contributed by atoms with van der Waals surface area (Å²) in [5.74, 6) is -4.52. The van der Waals surface area contributed by atoms with E-state index in [0.29, 0.717) is 5.56 Å². The number of carbonyl (C=O) groups excluding carboxylic acids is 4. The molecule has 0 bridgehead atoms. The topological polar surface area (TPSA) is 137 Å². The number of ketones is 1. The van der Waals surface area contributed by atoms with E-state index in [1.807, 2.05) is 0 Å². The highest BCUT2D eigenvalue weighted by molar-refractivity contribution is 6.38. The van der Waals surface area contributed by atoms with Crippen molar-refractivity contribution >= 4 is 29.5 Å². The van der Waals surface area contributed by atoms with Crippen LogP contribution in [0.1, 0.15) is 25.8 Å². The molecule has 1 unspecified atom stereocenters. The molecule has 2 amide bonds. The van der Waals surface area contributed by atoms with Crippen LogP contribution in [0.3, 0.4) is 0 Å². The quantitative estimate of drug-likeness (QED) is 0.218. The van der Waals surface area contributed by atoms with Crippen LogP contribution in [0.2, 0.25) is 0 Å². The summed E-state index contributed by atoms with van der Waals surface area (Å²) in [7, 11) is 0. The summed E-state index contributed by atoms with van der Waals surface area (Å²) in [6, 6.07) is 7.60. The van der Waals surface area contributed by atoms with Crippen LogP contribution in [0.5, 0.6) is 0 Å². The van der Waals surface area contributed by atoms with Gasteiger partial charge in [0.05, 0.1) is 18.9 Å². The van der Waals surface area contributed by atoms with Crippen molar-refractivity contribution < 1.29 is 28.7 Å². The second-order valence-electron chi connectivity index (χ2n) is 4.99. The van der Waals surface area contributed by atoms with Crippen LogP contribution < -0.4 is 11.2 Å². The number of nitrogens with zero attached hydrogens (tertiary/aromatic N) is 1. The van der Waals surface area contributed by atoms with E-state index in [2.05, 4.69) is 15.3 Å². The summed E-state index contributed by atoms with van der Waals surface area (Å²) < 4.78 is 9.55. The SMILES string of the molecule is CCOC(=O)C(=O)C(C/C(=N/NC(N)=O)c1ccccc1)C(=O)OCC. The number of carbonyl (C=O) groups is 4. The molecule has 0 aliphatic carbocycles. The highest BCUT2D eigenvalue weighted by atomic mass is 16.5. The molecule has 9 nitrogen and oxygen atoms in total. The van der Waals surface area contributed by atoms with Crippen LogP contribution >= 0.6 is 0 Å². The Morgan fingerprint density at radius 1 is 1.08 bits per heavy atom. The third kappa shape index (κ3) is 6.34. The van der Waals surface area contributed by atoms with Gasteiger partial charge in [0.15, 0.2) is 0 Å². The largest absolute Gasteiger partial charge is 0.465 e. The Morgan fingerprint density at radius 3 is 2.23 bits per heavy atom.